The van der Waals surface area contributed by atoms with Crippen molar-refractivity contribution in [2.75, 3.05) is 0 Å². The van der Waals surface area contributed by atoms with Crippen molar-refractivity contribution < 1.29 is 8.42 Å². The average Bonchev–Trinajstić information content (AvgIpc) is 2.51. The minimum atomic E-state index is -3.72. The second-order valence-electron chi connectivity index (χ2n) is 6.77. The molecule has 0 aliphatic carbocycles. The molecule has 6 heteroatoms. The molecule has 0 fully saturated rings. The number of hydrogen-bond donors (Lipinski definition) is 2. The lowest BCUT2D eigenvalue weighted by molar-refractivity contribution is 0.579. The van der Waals surface area contributed by atoms with Gasteiger partial charge in [-0.05, 0) is 61.9 Å². The van der Waals surface area contributed by atoms with Gasteiger partial charge < -0.3 is 4.98 Å². The van der Waals surface area contributed by atoms with E-state index in [1.54, 1.807) is 19.9 Å². The van der Waals surface area contributed by atoms with E-state index >= 15 is 0 Å². The van der Waals surface area contributed by atoms with Gasteiger partial charge in [0.1, 0.15) is 0 Å². The van der Waals surface area contributed by atoms with Crippen molar-refractivity contribution >= 4 is 20.9 Å². The molecular formula is C20H22N2O3S. The fraction of sp³-hybridized carbons (Fsp3) is 0.250. The van der Waals surface area contributed by atoms with Crippen molar-refractivity contribution in [2.45, 2.75) is 39.1 Å². The smallest absolute Gasteiger partial charge is 0.252 e. The summed E-state index contributed by atoms with van der Waals surface area (Å²) in [5, 5.41) is 0.868. The molecular weight excluding hydrogens is 348 g/mol. The predicted molar refractivity (Wildman–Crippen MR) is 104 cm³/mol. The Balaban J connectivity index is 1.93. The minimum absolute atomic E-state index is 0.0613. The van der Waals surface area contributed by atoms with Gasteiger partial charge in [-0.3, -0.25) is 4.79 Å². The zero-order valence-corrected chi connectivity index (χ0v) is 16.1. The molecule has 0 bridgehead atoms. The van der Waals surface area contributed by atoms with E-state index in [-0.39, 0.29) is 17.0 Å². The van der Waals surface area contributed by atoms with Crippen LogP contribution in [0.2, 0.25) is 0 Å². The highest BCUT2D eigenvalue weighted by Crippen LogP contribution is 2.22. The van der Waals surface area contributed by atoms with Crippen molar-refractivity contribution in [2.24, 2.45) is 0 Å². The molecule has 3 aromatic rings. The number of hydrogen-bond acceptors (Lipinski definition) is 3. The molecule has 26 heavy (non-hydrogen) atoms. The van der Waals surface area contributed by atoms with Crippen LogP contribution in [0, 0.1) is 27.7 Å². The molecule has 0 radical (unpaired) electrons. The Morgan fingerprint density at radius 1 is 0.923 bits per heavy atom. The Morgan fingerprint density at radius 3 is 2.23 bits per heavy atom. The van der Waals surface area contributed by atoms with Crippen LogP contribution in [0.15, 0.2) is 46.1 Å². The lowest BCUT2D eigenvalue weighted by Crippen LogP contribution is -2.28. The highest BCUT2D eigenvalue weighted by atomic mass is 32.2. The molecule has 5 nitrogen and oxygen atoms in total. The van der Waals surface area contributed by atoms with Crippen LogP contribution in [0.5, 0.6) is 0 Å². The van der Waals surface area contributed by atoms with E-state index in [1.807, 2.05) is 44.2 Å². The lowest BCUT2D eigenvalue weighted by Gasteiger charge is -2.13. The van der Waals surface area contributed by atoms with Gasteiger partial charge in [-0.1, -0.05) is 29.8 Å². The Labute approximate surface area is 153 Å². The molecule has 1 heterocycles. The van der Waals surface area contributed by atoms with Crippen molar-refractivity contribution in [1.82, 2.24) is 9.71 Å². The maximum atomic E-state index is 12.8. The van der Waals surface area contributed by atoms with E-state index in [1.165, 1.54) is 0 Å². The van der Waals surface area contributed by atoms with Crippen LogP contribution in [0.4, 0.5) is 0 Å². The van der Waals surface area contributed by atoms with Crippen molar-refractivity contribution in [3.63, 3.8) is 0 Å². The predicted octanol–water partition coefficient (Wildman–Crippen LogP) is 3.24. The number of aryl methyl sites for hydroxylation is 4. The Kier molecular flexibility index (Phi) is 4.73. The van der Waals surface area contributed by atoms with E-state index in [0.29, 0.717) is 16.7 Å². The summed E-state index contributed by atoms with van der Waals surface area (Å²) < 4.78 is 28.1. The van der Waals surface area contributed by atoms with Gasteiger partial charge in [0.05, 0.1) is 4.90 Å². The first-order valence-corrected chi connectivity index (χ1v) is 9.86. The van der Waals surface area contributed by atoms with Crippen LogP contribution in [-0.4, -0.2) is 13.4 Å². The number of sulfonamides is 1. The van der Waals surface area contributed by atoms with E-state index in [4.69, 9.17) is 0 Å². The quantitative estimate of drug-likeness (QED) is 0.740. The third-order valence-corrected chi connectivity index (χ3v) is 6.11. The number of nitrogens with one attached hydrogen (secondary N) is 2. The number of pyridine rings is 1. The molecule has 1 aromatic heterocycles. The number of benzene rings is 2. The number of fused-ring (bicyclic) bond motifs is 1. The monoisotopic (exact) mass is 370 g/mol. The second-order valence-corrected chi connectivity index (χ2v) is 8.47. The molecule has 0 saturated carbocycles. The summed E-state index contributed by atoms with van der Waals surface area (Å²) in [5.41, 5.74) is 4.28. The van der Waals surface area contributed by atoms with Crippen molar-refractivity contribution in [3.05, 3.63) is 74.6 Å². The van der Waals surface area contributed by atoms with Gasteiger partial charge in [0.15, 0.2) is 0 Å². The Morgan fingerprint density at radius 2 is 1.58 bits per heavy atom. The fourth-order valence-corrected chi connectivity index (χ4v) is 4.78. The van der Waals surface area contributed by atoms with Crippen LogP contribution in [0.25, 0.3) is 10.9 Å². The van der Waals surface area contributed by atoms with Crippen LogP contribution < -0.4 is 10.3 Å². The van der Waals surface area contributed by atoms with E-state index in [0.717, 1.165) is 22.0 Å². The molecule has 2 N–H and O–H groups in total. The van der Waals surface area contributed by atoms with Crippen LogP contribution in [0.1, 0.15) is 27.8 Å². The molecule has 0 atom stereocenters. The summed E-state index contributed by atoms with van der Waals surface area (Å²) in [6.45, 7) is 7.37. The SMILES string of the molecule is Cc1cc(C)c(S(=O)(=O)NCc2cc3ccc(C)cc3[nH]c2=O)c(C)c1. The summed E-state index contributed by atoms with van der Waals surface area (Å²) in [6.07, 6.45) is 0. The summed E-state index contributed by atoms with van der Waals surface area (Å²) in [7, 11) is -3.72. The van der Waals surface area contributed by atoms with Gasteiger partial charge in [-0.15, -0.1) is 0 Å². The van der Waals surface area contributed by atoms with Gasteiger partial charge in [0, 0.05) is 17.6 Å². The molecule has 136 valence electrons. The molecule has 2 aromatic carbocycles. The molecule has 0 saturated heterocycles. The summed E-state index contributed by atoms with van der Waals surface area (Å²) >= 11 is 0. The first kappa shape index (κ1) is 18.4. The third-order valence-electron chi connectivity index (χ3n) is 4.40. The summed E-state index contributed by atoms with van der Waals surface area (Å²) in [6, 6.07) is 11.2. The number of aromatic amines is 1. The first-order valence-electron chi connectivity index (χ1n) is 8.37. The van der Waals surface area contributed by atoms with E-state index in [9.17, 15) is 13.2 Å². The molecule has 0 aliphatic heterocycles. The number of aromatic nitrogens is 1. The highest BCUT2D eigenvalue weighted by molar-refractivity contribution is 7.89. The Bertz CT molecular complexity index is 1140. The van der Waals surface area contributed by atoms with Gasteiger partial charge >= 0.3 is 0 Å². The third kappa shape index (κ3) is 3.57. The number of H-pyrrole nitrogens is 1. The molecule has 0 aliphatic rings. The van der Waals surface area contributed by atoms with Crippen LogP contribution in [0.3, 0.4) is 0 Å². The zero-order chi connectivity index (χ0) is 19.1. The van der Waals surface area contributed by atoms with Gasteiger partial charge in [-0.25, -0.2) is 13.1 Å². The normalized spacial score (nSPS) is 11.8. The van der Waals surface area contributed by atoms with Gasteiger partial charge in [0.25, 0.3) is 5.56 Å². The summed E-state index contributed by atoms with van der Waals surface area (Å²) in [5.74, 6) is 0. The van der Waals surface area contributed by atoms with E-state index in [2.05, 4.69) is 9.71 Å². The largest absolute Gasteiger partial charge is 0.322 e. The standard InChI is InChI=1S/C20H22N2O3S/c1-12-5-6-16-10-17(20(23)22-18(16)9-12)11-21-26(24,25)19-14(3)7-13(2)8-15(19)4/h5-10,21H,11H2,1-4H3,(H,22,23). The van der Waals surface area contributed by atoms with Gasteiger partial charge in [0.2, 0.25) is 10.0 Å². The zero-order valence-electron chi connectivity index (χ0n) is 15.3. The lowest BCUT2D eigenvalue weighted by atomic mass is 10.1. The number of rotatable bonds is 4. The summed E-state index contributed by atoms with van der Waals surface area (Å²) in [4.78, 5) is 15.4. The van der Waals surface area contributed by atoms with Crippen molar-refractivity contribution in [1.29, 1.82) is 0 Å². The topological polar surface area (TPSA) is 79.0 Å². The second kappa shape index (κ2) is 6.70. The van der Waals surface area contributed by atoms with E-state index < -0.39 is 10.0 Å². The average molecular weight is 370 g/mol. The first-order chi connectivity index (χ1) is 12.2. The van der Waals surface area contributed by atoms with Crippen LogP contribution >= 0.6 is 0 Å². The molecule has 3 rings (SSSR count). The molecule has 0 unspecified atom stereocenters. The minimum Gasteiger partial charge on any atom is -0.322 e. The van der Waals surface area contributed by atoms with Gasteiger partial charge in [-0.2, -0.15) is 0 Å². The maximum Gasteiger partial charge on any atom is 0.252 e. The van der Waals surface area contributed by atoms with Crippen molar-refractivity contribution in [3.8, 4) is 0 Å². The Hall–Kier alpha value is -2.44. The maximum absolute atomic E-state index is 12.8. The molecule has 0 amide bonds. The fourth-order valence-electron chi connectivity index (χ4n) is 3.33. The molecule has 0 spiro atoms. The van der Waals surface area contributed by atoms with Crippen LogP contribution in [-0.2, 0) is 16.6 Å². The highest BCUT2D eigenvalue weighted by Gasteiger charge is 2.20.